The maximum atomic E-state index is 5.20. The van der Waals surface area contributed by atoms with E-state index < -0.39 is 0 Å². The minimum absolute atomic E-state index is 0.742. The van der Waals surface area contributed by atoms with Crippen molar-refractivity contribution in [2.24, 2.45) is 0 Å². The van der Waals surface area contributed by atoms with Crippen molar-refractivity contribution in [1.29, 1.82) is 0 Å². The number of thioether (sulfide) groups is 1. The molecule has 0 aliphatic carbocycles. The van der Waals surface area contributed by atoms with E-state index in [0.717, 1.165) is 21.8 Å². The molecule has 2 aliphatic heterocycles. The van der Waals surface area contributed by atoms with Crippen molar-refractivity contribution in [1.82, 2.24) is 5.16 Å². The first-order valence-corrected chi connectivity index (χ1v) is 8.20. The van der Waals surface area contributed by atoms with Gasteiger partial charge in [0.25, 0.3) is 0 Å². The first kappa shape index (κ1) is 12.3. The SMILES string of the molecule is C1=C(c2ccc(-c3ccno3)cc2)CC2CCCC1S2. The molecule has 0 radical (unpaired) electrons. The maximum Gasteiger partial charge on any atom is 0.166 e. The molecule has 1 fully saturated rings. The van der Waals surface area contributed by atoms with E-state index in [2.05, 4.69) is 47.3 Å². The van der Waals surface area contributed by atoms with Crippen molar-refractivity contribution < 1.29 is 4.52 Å². The Morgan fingerprint density at radius 3 is 2.65 bits per heavy atom. The average Bonchev–Trinajstić information content (AvgIpc) is 3.01. The summed E-state index contributed by atoms with van der Waals surface area (Å²) >= 11 is 2.17. The van der Waals surface area contributed by atoms with E-state index in [1.807, 2.05) is 6.07 Å². The minimum Gasteiger partial charge on any atom is -0.356 e. The zero-order valence-electron chi connectivity index (χ0n) is 11.3. The smallest absolute Gasteiger partial charge is 0.166 e. The van der Waals surface area contributed by atoms with Crippen LogP contribution >= 0.6 is 11.8 Å². The summed E-state index contributed by atoms with van der Waals surface area (Å²) in [6.07, 6.45) is 9.53. The van der Waals surface area contributed by atoms with Gasteiger partial charge in [-0.1, -0.05) is 41.9 Å². The van der Waals surface area contributed by atoms with Gasteiger partial charge in [0.15, 0.2) is 5.76 Å². The maximum absolute atomic E-state index is 5.20. The van der Waals surface area contributed by atoms with Gasteiger partial charge in [0, 0.05) is 22.1 Å². The van der Waals surface area contributed by atoms with Gasteiger partial charge in [0.2, 0.25) is 0 Å². The average molecular weight is 283 g/mol. The number of nitrogens with zero attached hydrogens (tertiary/aromatic N) is 1. The van der Waals surface area contributed by atoms with Crippen molar-refractivity contribution in [2.45, 2.75) is 36.2 Å². The molecule has 20 heavy (non-hydrogen) atoms. The van der Waals surface area contributed by atoms with Crippen LogP contribution in [-0.4, -0.2) is 15.7 Å². The molecular weight excluding hydrogens is 266 g/mol. The molecule has 2 unspecified atom stereocenters. The Morgan fingerprint density at radius 2 is 1.90 bits per heavy atom. The molecule has 2 aliphatic rings. The summed E-state index contributed by atoms with van der Waals surface area (Å²) in [4.78, 5) is 0. The number of fused-ring (bicyclic) bond motifs is 2. The van der Waals surface area contributed by atoms with Gasteiger partial charge >= 0.3 is 0 Å². The fourth-order valence-electron chi connectivity index (χ4n) is 3.17. The van der Waals surface area contributed by atoms with Gasteiger partial charge in [-0.05, 0) is 30.4 Å². The van der Waals surface area contributed by atoms with Crippen LogP contribution in [0.4, 0.5) is 0 Å². The number of rotatable bonds is 2. The lowest BCUT2D eigenvalue weighted by molar-refractivity contribution is 0.432. The summed E-state index contributed by atoms with van der Waals surface area (Å²) < 4.78 is 5.20. The molecule has 1 aromatic heterocycles. The summed E-state index contributed by atoms with van der Waals surface area (Å²) in [7, 11) is 0. The third-order valence-corrected chi connectivity index (χ3v) is 5.70. The van der Waals surface area contributed by atoms with Crippen molar-refractivity contribution in [3.8, 4) is 11.3 Å². The summed E-state index contributed by atoms with van der Waals surface area (Å²) in [5.41, 5.74) is 3.99. The van der Waals surface area contributed by atoms with Gasteiger partial charge in [-0.2, -0.15) is 11.8 Å². The highest BCUT2D eigenvalue weighted by molar-refractivity contribution is 8.00. The van der Waals surface area contributed by atoms with Crippen LogP contribution < -0.4 is 0 Å². The summed E-state index contributed by atoms with van der Waals surface area (Å²) in [6.45, 7) is 0. The zero-order valence-corrected chi connectivity index (χ0v) is 12.1. The molecule has 0 saturated carbocycles. The molecule has 102 valence electrons. The second-order valence-electron chi connectivity index (χ2n) is 5.58. The Balaban J connectivity index is 1.61. The topological polar surface area (TPSA) is 26.0 Å². The van der Waals surface area contributed by atoms with Crippen molar-refractivity contribution in [2.75, 3.05) is 0 Å². The van der Waals surface area contributed by atoms with Crippen molar-refractivity contribution in [3.63, 3.8) is 0 Å². The van der Waals surface area contributed by atoms with E-state index in [1.54, 1.807) is 6.20 Å². The number of allylic oxidation sites excluding steroid dienone is 1. The standard InChI is InChI=1S/C17H17NOS/c1-2-15-10-14(11-16(3-1)20-15)12-4-6-13(7-5-12)17-8-9-18-19-17/h4-10,15-16H,1-3,11H2. The lowest BCUT2D eigenvalue weighted by Gasteiger charge is -2.33. The number of hydrogen-bond acceptors (Lipinski definition) is 3. The van der Waals surface area contributed by atoms with E-state index in [9.17, 15) is 0 Å². The monoisotopic (exact) mass is 283 g/mol. The predicted octanol–water partition coefficient (Wildman–Crippen LogP) is 4.78. The van der Waals surface area contributed by atoms with Crippen LogP contribution in [0.15, 0.2) is 47.1 Å². The molecule has 2 bridgehead atoms. The molecule has 2 aromatic rings. The summed E-state index contributed by atoms with van der Waals surface area (Å²) in [6, 6.07) is 10.6. The van der Waals surface area contributed by atoms with Gasteiger partial charge in [-0.25, -0.2) is 0 Å². The molecule has 0 spiro atoms. The quantitative estimate of drug-likeness (QED) is 0.793. The third kappa shape index (κ3) is 2.31. The second kappa shape index (κ2) is 5.13. The van der Waals surface area contributed by atoms with Gasteiger partial charge < -0.3 is 4.52 Å². The van der Waals surface area contributed by atoms with Gasteiger partial charge in [-0.15, -0.1) is 0 Å². The normalized spacial score (nSPS) is 25.3. The molecule has 4 rings (SSSR count). The van der Waals surface area contributed by atoms with Crippen molar-refractivity contribution >= 4 is 17.3 Å². The van der Waals surface area contributed by atoms with E-state index in [-0.39, 0.29) is 0 Å². The van der Waals surface area contributed by atoms with Crippen LogP contribution in [0.3, 0.4) is 0 Å². The first-order chi connectivity index (χ1) is 9.88. The Morgan fingerprint density at radius 1 is 1.05 bits per heavy atom. The Bertz CT molecular complexity index is 615. The molecule has 2 nitrogen and oxygen atoms in total. The lowest BCUT2D eigenvalue weighted by Crippen LogP contribution is -2.21. The molecule has 0 amide bonds. The molecule has 3 heterocycles. The molecule has 2 atom stereocenters. The van der Waals surface area contributed by atoms with Crippen LogP contribution in [0, 0.1) is 0 Å². The minimum atomic E-state index is 0.742. The fraction of sp³-hybridized carbons (Fsp3) is 0.353. The van der Waals surface area contributed by atoms with Crippen molar-refractivity contribution in [3.05, 3.63) is 48.2 Å². The molecule has 3 heteroatoms. The van der Waals surface area contributed by atoms with E-state index in [0.29, 0.717) is 0 Å². The van der Waals surface area contributed by atoms with Crippen LogP contribution in [0.5, 0.6) is 0 Å². The molecular formula is C17H17NOS. The first-order valence-electron chi connectivity index (χ1n) is 7.26. The van der Waals surface area contributed by atoms with E-state index in [4.69, 9.17) is 4.52 Å². The van der Waals surface area contributed by atoms with Crippen LogP contribution in [-0.2, 0) is 0 Å². The fourth-order valence-corrected chi connectivity index (χ4v) is 4.79. The Kier molecular flexibility index (Phi) is 3.15. The summed E-state index contributed by atoms with van der Waals surface area (Å²) in [5, 5.41) is 5.34. The molecule has 1 saturated heterocycles. The molecule has 0 N–H and O–H groups in total. The van der Waals surface area contributed by atoms with E-state index in [1.165, 1.54) is 36.8 Å². The third-order valence-electron chi connectivity index (χ3n) is 4.19. The highest BCUT2D eigenvalue weighted by Gasteiger charge is 2.27. The highest BCUT2D eigenvalue weighted by atomic mass is 32.2. The van der Waals surface area contributed by atoms with Crippen LogP contribution in [0.2, 0.25) is 0 Å². The second-order valence-corrected chi connectivity index (χ2v) is 7.12. The van der Waals surface area contributed by atoms with Gasteiger partial charge in [-0.3, -0.25) is 0 Å². The number of hydrogen-bond donors (Lipinski definition) is 0. The van der Waals surface area contributed by atoms with Crippen LogP contribution in [0.25, 0.3) is 16.9 Å². The summed E-state index contributed by atoms with van der Waals surface area (Å²) in [5.74, 6) is 0.835. The van der Waals surface area contributed by atoms with Gasteiger partial charge in [0.1, 0.15) is 0 Å². The Labute approximate surface area is 123 Å². The largest absolute Gasteiger partial charge is 0.356 e. The van der Waals surface area contributed by atoms with E-state index >= 15 is 0 Å². The van der Waals surface area contributed by atoms with Gasteiger partial charge in [0.05, 0.1) is 6.20 Å². The number of benzene rings is 1. The predicted molar refractivity (Wildman–Crippen MR) is 83.6 cm³/mol. The number of aromatic nitrogens is 1. The lowest BCUT2D eigenvalue weighted by atomic mass is 9.93. The molecule has 1 aromatic carbocycles. The highest BCUT2D eigenvalue weighted by Crippen LogP contribution is 2.43. The zero-order chi connectivity index (χ0) is 13.4. The Hall–Kier alpha value is -1.48. The van der Waals surface area contributed by atoms with Crippen LogP contribution in [0.1, 0.15) is 31.2 Å².